The fraction of sp³-hybridized carbons (Fsp3) is 0.312. The first-order chi connectivity index (χ1) is 10.4. The second-order valence-electron chi connectivity index (χ2n) is 5.30. The number of aromatic nitrogens is 1. The Kier molecular flexibility index (Phi) is 4.92. The molecule has 0 aliphatic heterocycles. The predicted molar refractivity (Wildman–Crippen MR) is 89.6 cm³/mol. The summed E-state index contributed by atoms with van der Waals surface area (Å²) < 4.78 is 0. The van der Waals surface area contributed by atoms with Crippen LogP contribution < -0.4 is 10.6 Å². The van der Waals surface area contributed by atoms with Gasteiger partial charge in [-0.15, -0.1) is 11.3 Å². The lowest BCUT2D eigenvalue weighted by Crippen LogP contribution is -2.16. The standard InChI is InChI=1S/C16H19N3O2S/c1-9(2)14-10(3)22-16(18-14)19-15(21)12-7-5-6-8-13(12)17-11(4)20/h5-9H,1-4H3,(H,17,20)(H,18,19,21). The summed E-state index contributed by atoms with van der Waals surface area (Å²) in [5, 5.41) is 6.04. The number of hydrogen-bond donors (Lipinski definition) is 2. The van der Waals surface area contributed by atoms with Gasteiger partial charge < -0.3 is 5.32 Å². The summed E-state index contributed by atoms with van der Waals surface area (Å²) >= 11 is 1.46. The molecule has 2 amide bonds. The molecule has 22 heavy (non-hydrogen) atoms. The van der Waals surface area contributed by atoms with Crippen LogP contribution in [0.5, 0.6) is 0 Å². The molecule has 0 unspecified atom stereocenters. The van der Waals surface area contributed by atoms with Crippen molar-refractivity contribution in [3.63, 3.8) is 0 Å². The molecule has 0 spiro atoms. The van der Waals surface area contributed by atoms with Crippen LogP contribution >= 0.6 is 11.3 Å². The summed E-state index contributed by atoms with van der Waals surface area (Å²) in [5.74, 6) is -0.186. The second kappa shape index (κ2) is 6.70. The van der Waals surface area contributed by atoms with Crippen molar-refractivity contribution in [3.05, 3.63) is 40.4 Å². The first kappa shape index (κ1) is 16.2. The lowest BCUT2D eigenvalue weighted by molar-refractivity contribution is -0.114. The first-order valence-electron chi connectivity index (χ1n) is 7.03. The van der Waals surface area contributed by atoms with Crippen molar-refractivity contribution in [2.24, 2.45) is 0 Å². The van der Waals surface area contributed by atoms with Crippen LogP contribution in [0, 0.1) is 6.92 Å². The molecule has 0 bridgehead atoms. The van der Waals surface area contributed by atoms with Gasteiger partial charge >= 0.3 is 0 Å². The van der Waals surface area contributed by atoms with Crippen molar-refractivity contribution in [2.75, 3.05) is 10.6 Å². The molecule has 0 fully saturated rings. The van der Waals surface area contributed by atoms with Crippen LogP contribution in [0.3, 0.4) is 0 Å². The summed E-state index contributed by atoms with van der Waals surface area (Å²) in [6.45, 7) is 7.54. The Morgan fingerprint density at radius 2 is 1.86 bits per heavy atom. The number of amides is 2. The second-order valence-corrected chi connectivity index (χ2v) is 6.50. The number of aryl methyl sites for hydroxylation is 1. The van der Waals surface area contributed by atoms with Gasteiger partial charge in [0.05, 0.1) is 16.9 Å². The highest BCUT2D eigenvalue weighted by molar-refractivity contribution is 7.15. The van der Waals surface area contributed by atoms with E-state index in [0.717, 1.165) is 10.6 Å². The Labute approximate surface area is 133 Å². The smallest absolute Gasteiger partial charge is 0.259 e. The third kappa shape index (κ3) is 3.71. The Morgan fingerprint density at radius 3 is 2.45 bits per heavy atom. The quantitative estimate of drug-likeness (QED) is 0.901. The number of hydrogen-bond acceptors (Lipinski definition) is 4. The van der Waals surface area contributed by atoms with Gasteiger partial charge in [-0.2, -0.15) is 0 Å². The number of nitrogens with zero attached hydrogens (tertiary/aromatic N) is 1. The van der Waals surface area contributed by atoms with Gasteiger partial charge in [-0.3, -0.25) is 14.9 Å². The van der Waals surface area contributed by atoms with Gasteiger partial charge in [0.1, 0.15) is 0 Å². The molecular formula is C16H19N3O2S. The average Bonchev–Trinajstić information content (AvgIpc) is 2.79. The van der Waals surface area contributed by atoms with Crippen LogP contribution in [-0.2, 0) is 4.79 Å². The van der Waals surface area contributed by atoms with Crippen LogP contribution in [-0.4, -0.2) is 16.8 Å². The molecule has 2 rings (SSSR count). The SMILES string of the molecule is CC(=O)Nc1ccccc1C(=O)Nc1nc(C(C)C)c(C)s1. The summed E-state index contributed by atoms with van der Waals surface area (Å²) in [5.41, 5.74) is 1.90. The van der Waals surface area contributed by atoms with Crippen molar-refractivity contribution in [1.82, 2.24) is 4.98 Å². The fourth-order valence-electron chi connectivity index (χ4n) is 2.14. The minimum Gasteiger partial charge on any atom is -0.326 e. The summed E-state index contributed by atoms with van der Waals surface area (Å²) in [6, 6.07) is 6.90. The lowest BCUT2D eigenvalue weighted by atomic mass is 10.1. The van der Waals surface area contributed by atoms with Crippen molar-refractivity contribution in [1.29, 1.82) is 0 Å². The number of carbonyl (C=O) groups is 2. The molecule has 1 aromatic heterocycles. The zero-order valence-corrected chi connectivity index (χ0v) is 13.9. The van der Waals surface area contributed by atoms with E-state index >= 15 is 0 Å². The van der Waals surface area contributed by atoms with E-state index in [1.807, 2.05) is 6.92 Å². The highest BCUT2D eigenvalue weighted by Crippen LogP contribution is 2.28. The molecule has 116 valence electrons. The highest BCUT2D eigenvalue weighted by atomic mass is 32.1. The molecule has 1 heterocycles. The van der Waals surface area contributed by atoms with E-state index in [-0.39, 0.29) is 11.8 Å². The topological polar surface area (TPSA) is 71.1 Å². The minimum atomic E-state index is -0.284. The number of nitrogens with one attached hydrogen (secondary N) is 2. The number of anilines is 2. The molecule has 6 heteroatoms. The van der Waals surface area contributed by atoms with E-state index in [2.05, 4.69) is 29.5 Å². The van der Waals surface area contributed by atoms with Gasteiger partial charge in [0, 0.05) is 11.8 Å². The van der Waals surface area contributed by atoms with E-state index < -0.39 is 0 Å². The van der Waals surface area contributed by atoms with Crippen molar-refractivity contribution in [3.8, 4) is 0 Å². The maximum absolute atomic E-state index is 12.4. The molecule has 0 aliphatic carbocycles. The Hall–Kier alpha value is -2.21. The van der Waals surface area contributed by atoms with Crippen molar-refractivity contribution < 1.29 is 9.59 Å². The van der Waals surface area contributed by atoms with E-state index in [1.165, 1.54) is 18.3 Å². The normalized spacial score (nSPS) is 10.6. The zero-order valence-electron chi connectivity index (χ0n) is 13.1. The third-order valence-electron chi connectivity index (χ3n) is 3.08. The zero-order chi connectivity index (χ0) is 16.3. The molecule has 0 atom stereocenters. The van der Waals surface area contributed by atoms with Gasteiger partial charge in [-0.05, 0) is 25.0 Å². The van der Waals surface area contributed by atoms with Crippen molar-refractivity contribution >= 4 is 34.0 Å². The number of carbonyl (C=O) groups excluding carboxylic acids is 2. The number of para-hydroxylation sites is 1. The van der Waals surface area contributed by atoms with E-state index in [0.29, 0.717) is 22.3 Å². The molecule has 0 radical (unpaired) electrons. The van der Waals surface area contributed by atoms with Gasteiger partial charge in [0.2, 0.25) is 5.91 Å². The van der Waals surface area contributed by atoms with Crippen LogP contribution in [0.2, 0.25) is 0 Å². The molecule has 0 saturated heterocycles. The van der Waals surface area contributed by atoms with Gasteiger partial charge in [-0.1, -0.05) is 26.0 Å². The molecular weight excluding hydrogens is 298 g/mol. The Balaban J connectivity index is 2.23. The Morgan fingerprint density at radius 1 is 1.18 bits per heavy atom. The van der Waals surface area contributed by atoms with Gasteiger partial charge in [-0.25, -0.2) is 4.98 Å². The summed E-state index contributed by atoms with van der Waals surface area (Å²) in [7, 11) is 0. The van der Waals surface area contributed by atoms with Gasteiger partial charge in [0.25, 0.3) is 5.91 Å². The van der Waals surface area contributed by atoms with Crippen LogP contribution in [0.25, 0.3) is 0 Å². The maximum Gasteiger partial charge on any atom is 0.259 e. The maximum atomic E-state index is 12.4. The monoisotopic (exact) mass is 317 g/mol. The lowest BCUT2D eigenvalue weighted by Gasteiger charge is -2.08. The van der Waals surface area contributed by atoms with Crippen LogP contribution in [0.1, 0.15) is 47.6 Å². The number of benzene rings is 1. The number of rotatable bonds is 4. The van der Waals surface area contributed by atoms with E-state index in [4.69, 9.17) is 0 Å². The average molecular weight is 317 g/mol. The largest absolute Gasteiger partial charge is 0.326 e. The van der Waals surface area contributed by atoms with Crippen LogP contribution in [0.4, 0.5) is 10.8 Å². The molecule has 0 aliphatic rings. The van der Waals surface area contributed by atoms with E-state index in [9.17, 15) is 9.59 Å². The molecule has 2 N–H and O–H groups in total. The molecule has 5 nitrogen and oxygen atoms in total. The Bertz CT molecular complexity index is 707. The minimum absolute atomic E-state index is 0.215. The molecule has 0 saturated carbocycles. The highest BCUT2D eigenvalue weighted by Gasteiger charge is 2.16. The van der Waals surface area contributed by atoms with Gasteiger partial charge in [0.15, 0.2) is 5.13 Å². The first-order valence-corrected chi connectivity index (χ1v) is 7.85. The number of thiazole rings is 1. The summed E-state index contributed by atoms with van der Waals surface area (Å²) in [4.78, 5) is 29.2. The van der Waals surface area contributed by atoms with Crippen molar-refractivity contribution in [2.45, 2.75) is 33.6 Å². The van der Waals surface area contributed by atoms with E-state index in [1.54, 1.807) is 24.3 Å². The molecule has 2 aromatic rings. The summed E-state index contributed by atoms with van der Waals surface area (Å²) in [6.07, 6.45) is 0. The predicted octanol–water partition coefficient (Wildman–Crippen LogP) is 3.79. The fourth-order valence-corrected chi connectivity index (χ4v) is 3.11. The van der Waals surface area contributed by atoms with Crippen LogP contribution in [0.15, 0.2) is 24.3 Å². The third-order valence-corrected chi connectivity index (χ3v) is 3.98. The molecule has 1 aromatic carbocycles.